The van der Waals surface area contributed by atoms with Crippen molar-refractivity contribution in [3.8, 4) is 22.6 Å². The Morgan fingerprint density at radius 2 is 1.44 bits per heavy atom. The van der Waals surface area contributed by atoms with E-state index in [-0.39, 0.29) is 21.9 Å². The van der Waals surface area contributed by atoms with Gasteiger partial charge in [0, 0.05) is 22.6 Å². The van der Waals surface area contributed by atoms with Crippen molar-refractivity contribution in [1.29, 1.82) is 0 Å². The number of halogens is 1. The zero-order valence-electron chi connectivity index (χ0n) is 24.2. The smallest absolute Gasteiger partial charge is 0.330 e. The fourth-order valence-corrected chi connectivity index (χ4v) is 5.94. The Bertz CT molecular complexity index is 1890. The van der Waals surface area contributed by atoms with E-state index in [0.717, 1.165) is 16.1 Å². The summed E-state index contributed by atoms with van der Waals surface area (Å²) in [4.78, 5) is 29.2. The Balaban J connectivity index is 1.47. The standard InChI is InChI=1S/C35H29ClN2O6S/c1-43-35(40)32(38(34(39)27-11-10-12-28(36)24-27)37-45(41,42)30-15-6-3-7-16-30)23-25-19-21-26(22-20-25)31-17-8-9-18-33(31)44-29-13-4-2-5-14-29/h2-22,24,32,37H,23H2,1H3/t32-/m0/s1. The largest absolute Gasteiger partial charge is 0.467 e. The third-order valence-electron chi connectivity index (χ3n) is 6.90. The van der Waals surface area contributed by atoms with Crippen LogP contribution in [0.3, 0.4) is 0 Å². The second-order valence-electron chi connectivity index (χ2n) is 9.94. The number of benzene rings is 5. The Morgan fingerprint density at radius 1 is 0.800 bits per heavy atom. The molecule has 0 aromatic heterocycles. The molecule has 5 aromatic rings. The van der Waals surface area contributed by atoms with Crippen LogP contribution in [-0.4, -0.2) is 38.5 Å². The fourth-order valence-electron chi connectivity index (χ4n) is 4.66. The van der Waals surface area contributed by atoms with Crippen molar-refractivity contribution in [2.75, 3.05) is 7.11 Å². The van der Waals surface area contributed by atoms with E-state index in [1.54, 1.807) is 42.5 Å². The maximum Gasteiger partial charge on any atom is 0.330 e. The average Bonchev–Trinajstić information content (AvgIpc) is 3.07. The van der Waals surface area contributed by atoms with Crippen LogP contribution in [0.2, 0.25) is 5.02 Å². The molecule has 0 saturated carbocycles. The predicted octanol–water partition coefficient (Wildman–Crippen LogP) is 6.92. The Kier molecular flexibility index (Phi) is 9.94. The molecule has 8 nitrogen and oxygen atoms in total. The molecule has 0 aliphatic carbocycles. The van der Waals surface area contributed by atoms with Gasteiger partial charge < -0.3 is 9.47 Å². The zero-order chi connectivity index (χ0) is 31.8. The van der Waals surface area contributed by atoms with E-state index in [9.17, 15) is 18.0 Å². The van der Waals surface area contributed by atoms with Crippen LogP contribution in [0.1, 0.15) is 15.9 Å². The Hall–Kier alpha value is -4.96. The Labute approximate surface area is 266 Å². The number of nitrogens with one attached hydrogen (secondary N) is 1. The van der Waals surface area contributed by atoms with Crippen LogP contribution in [0, 0.1) is 0 Å². The van der Waals surface area contributed by atoms with Crippen molar-refractivity contribution >= 4 is 33.5 Å². The summed E-state index contributed by atoms with van der Waals surface area (Å²) < 4.78 is 37.9. The number of hydrogen-bond donors (Lipinski definition) is 1. The third-order valence-corrected chi connectivity index (χ3v) is 8.46. The zero-order valence-corrected chi connectivity index (χ0v) is 25.7. The summed E-state index contributed by atoms with van der Waals surface area (Å²) in [5.41, 5.74) is 2.44. The predicted molar refractivity (Wildman–Crippen MR) is 172 cm³/mol. The number of nitrogens with zero attached hydrogens (tertiary/aromatic N) is 1. The van der Waals surface area contributed by atoms with Gasteiger partial charge in [-0.1, -0.05) is 96.5 Å². The van der Waals surface area contributed by atoms with Gasteiger partial charge in [0.15, 0.2) is 6.04 Å². The molecule has 1 N–H and O–H groups in total. The van der Waals surface area contributed by atoms with E-state index in [1.165, 1.54) is 31.4 Å². The van der Waals surface area contributed by atoms with Gasteiger partial charge in [-0.05, 0) is 59.7 Å². The van der Waals surface area contributed by atoms with Crippen LogP contribution in [0.5, 0.6) is 11.5 Å². The van der Waals surface area contributed by atoms with Crippen molar-refractivity contribution in [2.45, 2.75) is 17.4 Å². The highest BCUT2D eigenvalue weighted by Crippen LogP contribution is 2.33. The molecule has 0 unspecified atom stereocenters. The first kappa shape index (κ1) is 31.5. The lowest BCUT2D eigenvalue weighted by atomic mass is 9.99. The van der Waals surface area contributed by atoms with Crippen molar-refractivity contribution in [1.82, 2.24) is 9.84 Å². The normalized spacial score (nSPS) is 11.8. The number of carbonyl (C=O) groups excluding carboxylic acids is 2. The van der Waals surface area contributed by atoms with Crippen LogP contribution in [-0.2, 0) is 26.0 Å². The maximum atomic E-state index is 13.8. The lowest BCUT2D eigenvalue weighted by Gasteiger charge is -2.30. The van der Waals surface area contributed by atoms with E-state index >= 15 is 0 Å². The van der Waals surface area contributed by atoms with Crippen molar-refractivity contribution in [2.24, 2.45) is 0 Å². The number of rotatable bonds is 11. The van der Waals surface area contributed by atoms with Gasteiger partial charge in [0.1, 0.15) is 11.5 Å². The lowest BCUT2D eigenvalue weighted by molar-refractivity contribution is -0.146. The van der Waals surface area contributed by atoms with Crippen molar-refractivity contribution in [3.63, 3.8) is 0 Å². The van der Waals surface area contributed by atoms with E-state index in [0.29, 0.717) is 17.1 Å². The second kappa shape index (κ2) is 14.2. The van der Waals surface area contributed by atoms with Crippen molar-refractivity contribution in [3.05, 3.63) is 150 Å². The minimum absolute atomic E-state index is 0.0568. The van der Waals surface area contributed by atoms with Gasteiger partial charge in [-0.25, -0.2) is 18.2 Å². The molecular formula is C35H29ClN2O6S. The number of carbonyl (C=O) groups is 2. The molecule has 0 fully saturated rings. The first-order valence-electron chi connectivity index (χ1n) is 13.9. The van der Waals surface area contributed by atoms with Gasteiger partial charge in [0.25, 0.3) is 15.9 Å². The number of hydrazine groups is 1. The molecule has 45 heavy (non-hydrogen) atoms. The minimum atomic E-state index is -4.27. The minimum Gasteiger partial charge on any atom is -0.467 e. The summed E-state index contributed by atoms with van der Waals surface area (Å²) in [5.74, 6) is -0.231. The number of hydrogen-bond acceptors (Lipinski definition) is 6. The van der Waals surface area contributed by atoms with Crippen LogP contribution in [0.4, 0.5) is 0 Å². The highest BCUT2D eigenvalue weighted by molar-refractivity contribution is 7.89. The number of para-hydroxylation sites is 2. The molecule has 5 rings (SSSR count). The highest BCUT2D eigenvalue weighted by atomic mass is 35.5. The monoisotopic (exact) mass is 640 g/mol. The van der Waals surface area contributed by atoms with E-state index in [2.05, 4.69) is 4.83 Å². The summed E-state index contributed by atoms with van der Waals surface area (Å²) in [6.45, 7) is 0. The number of esters is 1. The number of methoxy groups -OCH3 is 1. The fraction of sp³-hybridized carbons (Fsp3) is 0.0857. The molecule has 10 heteroatoms. The maximum absolute atomic E-state index is 13.8. The second-order valence-corrected chi connectivity index (χ2v) is 12.0. The lowest BCUT2D eigenvalue weighted by Crippen LogP contribution is -2.55. The third kappa shape index (κ3) is 7.77. The van der Waals surface area contributed by atoms with Gasteiger partial charge in [0.05, 0.1) is 12.0 Å². The molecule has 0 aliphatic heterocycles. The number of sulfonamides is 1. The summed E-state index contributed by atoms with van der Waals surface area (Å²) in [6, 6.07) is 36.6. The molecule has 0 bridgehead atoms. The van der Waals surface area contributed by atoms with Crippen LogP contribution < -0.4 is 9.57 Å². The van der Waals surface area contributed by atoms with Gasteiger partial charge in [-0.15, -0.1) is 4.83 Å². The summed E-state index contributed by atoms with van der Waals surface area (Å²) >= 11 is 6.13. The Morgan fingerprint density at radius 3 is 2.11 bits per heavy atom. The highest BCUT2D eigenvalue weighted by Gasteiger charge is 2.35. The summed E-state index contributed by atoms with van der Waals surface area (Å²) in [5, 5.41) is 1.06. The summed E-state index contributed by atoms with van der Waals surface area (Å²) in [7, 11) is -3.10. The van der Waals surface area contributed by atoms with E-state index in [1.807, 2.05) is 66.7 Å². The molecule has 0 saturated heterocycles. The molecule has 5 aromatic carbocycles. The topological polar surface area (TPSA) is 102 Å². The summed E-state index contributed by atoms with van der Waals surface area (Å²) in [6.07, 6.45) is -0.0568. The van der Waals surface area contributed by atoms with E-state index in [4.69, 9.17) is 21.1 Å². The van der Waals surface area contributed by atoms with Crippen LogP contribution >= 0.6 is 11.6 Å². The number of ether oxygens (including phenoxy) is 2. The van der Waals surface area contributed by atoms with Gasteiger partial charge in [0.2, 0.25) is 0 Å². The molecule has 1 amide bonds. The van der Waals surface area contributed by atoms with Crippen LogP contribution in [0.25, 0.3) is 11.1 Å². The SMILES string of the molecule is COC(=O)[C@H](Cc1ccc(-c2ccccc2Oc2ccccc2)cc1)N(NS(=O)(=O)c1ccccc1)C(=O)c1cccc(Cl)c1. The molecule has 1 atom stereocenters. The van der Waals surface area contributed by atoms with Gasteiger partial charge >= 0.3 is 5.97 Å². The first-order valence-corrected chi connectivity index (χ1v) is 15.8. The molecule has 0 spiro atoms. The molecule has 228 valence electrons. The number of amides is 1. The average molecular weight is 641 g/mol. The van der Waals surface area contributed by atoms with Crippen molar-refractivity contribution < 1.29 is 27.5 Å². The van der Waals surface area contributed by atoms with Gasteiger partial charge in [-0.2, -0.15) is 0 Å². The first-order chi connectivity index (χ1) is 21.7. The quantitative estimate of drug-likeness (QED) is 0.124. The molecule has 0 radical (unpaired) electrons. The molecular weight excluding hydrogens is 612 g/mol. The molecule has 0 heterocycles. The van der Waals surface area contributed by atoms with E-state index < -0.39 is 27.9 Å². The van der Waals surface area contributed by atoms with Gasteiger partial charge in [-0.3, -0.25) is 4.79 Å². The molecule has 0 aliphatic rings. The van der Waals surface area contributed by atoms with Crippen LogP contribution in [0.15, 0.2) is 138 Å².